The molecule has 9 heteroatoms. The average Bonchev–Trinajstić information content (AvgIpc) is 3.37. The maximum Gasteiger partial charge on any atom is 0.232 e. The first-order chi connectivity index (χ1) is 18.2. The van der Waals surface area contributed by atoms with E-state index in [1.807, 2.05) is 72.8 Å². The number of nitrogens with one attached hydrogen (secondary N) is 1. The molecule has 0 saturated carbocycles. The monoisotopic (exact) mass is 493 g/mol. The van der Waals surface area contributed by atoms with E-state index in [0.717, 1.165) is 16.7 Å². The van der Waals surface area contributed by atoms with E-state index in [2.05, 4.69) is 20.6 Å². The number of hydrogen-bond acceptors (Lipinski definition) is 7. The van der Waals surface area contributed by atoms with Crippen molar-refractivity contribution in [3.05, 3.63) is 96.1 Å². The maximum absolute atomic E-state index is 13.3. The third-order valence-electron chi connectivity index (χ3n) is 6.18. The van der Waals surface area contributed by atoms with Crippen molar-refractivity contribution >= 4 is 11.6 Å². The number of carbonyl (C=O) groups is 1. The number of hydrogen-bond donors (Lipinski definition) is 1. The highest BCUT2D eigenvalue weighted by molar-refractivity contribution is 5.89. The van der Waals surface area contributed by atoms with Crippen LogP contribution in [-0.2, 0) is 4.79 Å². The second-order valence-corrected chi connectivity index (χ2v) is 8.42. The zero-order valence-electron chi connectivity index (χ0n) is 20.0. The first kappa shape index (κ1) is 22.5. The summed E-state index contributed by atoms with van der Waals surface area (Å²) in [5.41, 5.74) is 3.02. The molecule has 3 heterocycles. The number of benzene rings is 3. The second-order valence-electron chi connectivity index (χ2n) is 8.42. The fourth-order valence-corrected chi connectivity index (χ4v) is 4.47. The predicted octanol–water partition coefficient (Wildman–Crippen LogP) is 4.23. The Balaban J connectivity index is 1.15. The van der Waals surface area contributed by atoms with Gasteiger partial charge in [-0.3, -0.25) is 4.79 Å². The van der Waals surface area contributed by atoms with E-state index in [4.69, 9.17) is 14.2 Å². The molecule has 1 aliphatic heterocycles. The van der Waals surface area contributed by atoms with E-state index in [9.17, 15) is 4.79 Å². The normalized spacial score (nSPS) is 12.4. The van der Waals surface area contributed by atoms with Gasteiger partial charge in [-0.25, -0.2) is 0 Å². The van der Waals surface area contributed by atoms with Crippen LogP contribution in [-0.4, -0.2) is 46.0 Å². The molecule has 1 aliphatic rings. The molecular weight excluding hydrogens is 470 g/mol. The summed E-state index contributed by atoms with van der Waals surface area (Å²) in [7, 11) is 1.61. The number of rotatable bonds is 7. The van der Waals surface area contributed by atoms with Crippen molar-refractivity contribution in [3.63, 3.8) is 0 Å². The van der Waals surface area contributed by atoms with Gasteiger partial charge >= 0.3 is 0 Å². The van der Waals surface area contributed by atoms with Gasteiger partial charge in [-0.2, -0.15) is 4.52 Å². The lowest BCUT2D eigenvalue weighted by molar-refractivity contribution is -0.121. The van der Waals surface area contributed by atoms with Crippen molar-refractivity contribution in [3.8, 4) is 34.5 Å². The quantitative estimate of drug-likeness (QED) is 0.339. The molecule has 2 aromatic heterocycles. The highest BCUT2D eigenvalue weighted by Gasteiger charge is 2.32. The van der Waals surface area contributed by atoms with E-state index in [1.54, 1.807) is 23.8 Å². The summed E-state index contributed by atoms with van der Waals surface area (Å²) in [6, 6.07) is 26.2. The SMILES string of the molecule is COc1ccccc1-c1nnc2ccc(OCCNC(=O)C3c4ccccc4Oc4ccccc43)nn12. The van der Waals surface area contributed by atoms with Crippen molar-refractivity contribution in [1.29, 1.82) is 0 Å². The van der Waals surface area contributed by atoms with Gasteiger partial charge in [0.1, 0.15) is 23.9 Å². The van der Waals surface area contributed by atoms with Crippen LogP contribution in [0.3, 0.4) is 0 Å². The number of nitrogens with zero attached hydrogens (tertiary/aromatic N) is 4. The number of carbonyl (C=O) groups excluding carboxylic acids is 1. The van der Waals surface area contributed by atoms with Gasteiger partial charge in [-0.1, -0.05) is 48.5 Å². The van der Waals surface area contributed by atoms with Gasteiger partial charge in [-0.05, 0) is 30.3 Å². The lowest BCUT2D eigenvalue weighted by Crippen LogP contribution is -2.34. The van der Waals surface area contributed by atoms with Crippen LogP contribution >= 0.6 is 0 Å². The molecule has 6 rings (SSSR count). The molecule has 0 unspecified atom stereocenters. The highest BCUT2D eigenvalue weighted by Crippen LogP contribution is 2.43. The molecule has 0 bridgehead atoms. The number of methoxy groups -OCH3 is 1. The van der Waals surface area contributed by atoms with Crippen LogP contribution < -0.4 is 19.5 Å². The molecule has 0 radical (unpaired) electrons. The fraction of sp³-hybridized carbons (Fsp3) is 0.143. The van der Waals surface area contributed by atoms with Crippen molar-refractivity contribution < 1.29 is 19.0 Å². The summed E-state index contributed by atoms with van der Waals surface area (Å²) in [6.45, 7) is 0.546. The van der Waals surface area contributed by atoms with Crippen LogP contribution in [0.25, 0.3) is 17.0 Å². The number of fused-ring (bicyclic) bond motifs is 3. The van der Waals surface area contributed by atoms with E-state index in [0.29, 0.717) is 41.1 Å². The number of para-hydroxylation sites is 3. The van der Waals surface area contributed by atoms with Crippen LogP contribution in [0.2, 0.25) is 0 Å². The number of amides is 1. The van der Waals surface area contributed by atoms with Gasteiger partial charge < -0.3 is 19.5 Å². The van der Waals surface area contributed by atoms with Gasteiger partial charge in [-0.15, -0.1) is 15.3 Å². The molecule has 184 valence electrons. The molecule has 0 atom stereocenters. The molecule has 0 aliphatic carbocycles. The second kappa shape index (κ2) is 9.62. The minimum absolute atomic E-state index is 0.118. The minimum Gasteiger partial charge on any atom is -0.496 e. The first-order valence-electron chi connectivity index (χ1n) is 11.8. The minimum atomic E-state index is -0.462. The third kappa shape index (κ3) is 4.20. The van der Waals surface area contributed by atoms with Gasteiger partial charge in [0.25, 0.3) is 0 Å². The Kier molecular flexibility index (Phi) is 5.86. The molecule has 0 fully saturated rings. The van der Waals surface area contributed by atoms with Gasteiger partial charge in [0.2, 0.25) is 11.8 Å². The van der Waals surface area contributed by atoms with Crippen molar-refractivity contribution in [1.82, 2.24) is 25.1 Å². The Morgan fingerprint density at radius 1 is 0.919 bits per heavy atom. The summed E-state index contributed by atoms with van der Waals surface area (Å²) in [4.78, 5) is 13.3. The lowest BCUT2D eigenvalue weighted by atomic mass is 9.87. The molecule has 0 saturated heterocycles. The summed E-state index contributed by atoms with van der Waals surface area (Å²) in [5.74, 6) is 2.40. The zero-order valence-corrected chi connectivity index (χ0v) is 20.0. The highest BCUT2D eigenvalue weighted by atomic mass is 16.5. The average molecular weight is 494 g/mol. The Bertz CT molecular complexity index is 1550. The van der Waals surface area contributed by atoms with E-state index >= 15 is 0 Å². The molecule has 9 nitrogen and oxygen atoms in total. The Morgan fingerprint density at radius 3 is 2.38 bits per heavy atom. The van der Waals surface area contributed by atoms with E-state index < -0.39 is 5.92 Å². The van der Waals surface area contributed by atoms with Crippen molar-refractivity contribution in [2.24, 2.45) is 0 Å². The Hall–Kier alpha value is -4.92. The summed E-state index contributed by atoms with van der Waals surface area (Å²) < 4.78 is 18.9. The first-order valence-corrected chi connectivity index (χ1v) is 11.8. The van der Waals surface area contributed by atoms with Crippen LogP contribution in [0.5, 0.6) is 23.1 Å². The molecular formula is C28H23N5O4. The molecule has 0 spiro atoms. The van der Waals surface area contributed by atoms with Crippen molar-refractivity contribution in [2.45, 2.75) is 5.92 Å². The zero-order chi connectivity index (χ0) is 25.2. The maximum atomic E-state index is 13.3. The Morgan fingerprint density at radius 2 is 1.62 bits per heavy atom. The molecule has 1 N–H and O–H groups in total. The summed E-state index contributed by atoms with van der Waals surface area (Å²) in [5, 5.41) is 16.0. The fourth-order valence-electron chi connectivity index (χ4n) is 4.47. The molecule has 5 aromatic rings. The smallest absolute Gasteiger partial charge is 0.232 e. The van der Waals surface area contributed by atoms with Gasteiger partial charge in [0.15, 0.2) is 11.5 Å². The van der Waals surface area contributed by atoms with Crippen LogP contribution in [0, 0.1) is 0 Å². The number of aromatic nitrogens is 4. The van der Waals surface area contributed by atoms with Crippen LogP contribution in [0.15, 0.2) is 84.9 Å². The summed E-state index contributed by atoms with van der Waals surface area (Å²) >= 11 is 0. The molecule has 1 amide bonds. The lowest BCUT2D eigenvalue weighted by Gasteiger charge is -2.27. The predicted molar refractivity (Wildman–Crippen MR) is 136 cm³/mol. The summed E-state index contributed by atoms with van der Waals surface area (Å²) in [6.07, 6.45) is 0. The topological polar surface area (TPSA) is 99.9 Å². The molecule has 37 heavy (non-hydrogen) atoms. The van der Waals surface area contributed by atoms with E-state index in [-0.39, 0.29) is 12.5 Å². The van der Waals surface area contributed by atoms with Crippen LogP contribution in [0.1, 0.15) is 17.0 Å². The van der Waals surface area contributed by atoms with E-state index in [1.165, 1.54) is 0 Å². The molecule has 3 aromatic carbocycles. The number of ether oxygens (including phenoxy) is 3. The van der Waals surface area contributed by atoms with Gasteiger partial charge in [0, 0.05) is 17.2 Å². The van der Waals surface area contributed by atoms with Crippen molar-refractivity contribution in [2.75, 3.05) is 20.3 Å². The van der Waals surface area contributed by atoms with Gasteiger partial charge in [0.05, 0.1) is 25.1 Å². The standard InChI is InChI=1S/C28H23N5O4/c1-35-21-11-5-4-10-20(21)27-31-30-24-14-15-25(32-33(24)27)36-17-16-29-28(34)26-18-8-2-6-12-22(18)37-23-13-7-3-9-19(23)26/h2-15,26H,16-17H2,1H3,(H,29,34). The Labute approximate surface area is 212 Å². The third-order valence-corrected chi connectivity index (χ3v) is 6.18. The largest absolute Gasteiger partial charge is 0.496 e. The van der Waals surface area contributed by atoms with Crippen LogP contribution in [0.4, 0.5) is 0 Å².